The number of nitrogens with zero attached hydrogens (tertiary/aromatic N) is 4. The Hall–Kier alpha value is -4.98. The van der Waals surface area contributed by atoms with Crippen LogP contribution in [0.5, 0.6) is 23.0 Å². The number of hydrogen-bond acceptors (Lipinski definition) is 13. The molecule has 0 aliphatic carbocycles. The Balaban J connectivity index is 1.18. The average Bonchev–Trinajstić information content (AvgIpc) is 3.87. The third-order valence-electron chi connectivity index (χ3n) is 10.7. The monoisotopic (exact) mass is 843 g/mol. The van der Waals surface area contributed by atoms with Crippen LogP contribution in [0.4, 0.5) is 0 Å². The lowest BCUT2D eigenvalue weighted by Crippen LogP contribution is -2.39. The highest BCUT2D eigenvalue weighted by molar-refractivity contribution is 6.32. The summed E-state index contributed by atoms with van der Waals surface area (Å²) in [6.07, 6.45) is 5.80. The minimum Gasteiger partial charge on any atom is -0.493 e. The first-order valence-corrected chi connectivity index (χ1v) is 20.8. The van der Waals surface area contributed by atoms with E-state index in [9.17, 15) is 30.5 Å². The highest BCUT2D eigenvalue weighted by Crippen LogP contribution is 2.36. The molecule has 3 unspecified atom stereocenters. The zero-order valence-electron chi connectivity index (χ0n) is 33.9. The molecule has 0 radical (unpaired) electrons. The Kier molecular flexibility index (Phi) is 16.4. The minimum atomic E-state index is -1.20. The van der Waals surface area contributed by atoms with E-state index in [1.165, 1.54) is 6.20 Å². The average molecular weight is 844 g/mol. The van der Waals surface area contributed by atoms with E-state index < -0.39 is 18.6 Å². The number of ether oxygens (including phenoxy) is 4. The second-order valence-electron chi connectivity index (χ2n) is 15.3. The molecule has 14 nitrogen and oxygen atoms in total. The lowest BCUT2D eigenvalue weighted by Gasteiger charge is -2.19. The molecule has 6 rings (SSSR count). The standard InChI is InChI=1S/C45H54ClN5O9/c1-30-33(29-60-44-20-43(59-28-32-15-31(21-47)22-48-23-32)35(18-41(44)46)24-49-42(27-52)45(55)56)5-2-6-40(30)34-16-38(57-13-3-9-50-11-7-36(53)25-50)19-39(17-34)58-14-4-10-51-12-8-37(54)26-51/h2,5-6,15-20,22-23,36-37,42,49,52-54H,3-4,7-14,24-29H2,1H3,(H,55,56). The van der Waals surface area contributed by atoms with Crippen LogP contribution in [-0.2, 0) is 24.6 Å². The Morgan fingerprint density at radius 1 is 0.900 bits per heavy atom. The van der Waals surface area contributed by atoms with Gasteiger partial charge in [-0.1, -0.05) is 29.8 Å². The van der Waals surface area contributed by atoms with Crippen molar-refractivity contribution in [1.29, 1.82) is 5.26 Å². The molecule has 3 heterocycles. The summed E-state index contributed by atoms with van der Waals surface area (Å²) < 4.78 is 25.1. The molecule has 5 N–H and O–H groups in total. The van der Waals surface area contributed by atoms with Crippen LogP contribution < -0.4 is 24.3 Å². The van der Waals surface area contributed by atoms with Gasteiger partial charge in [-0.2, -0.15) is 5.26 Å². The lowest BCUT2D eigenvalue weighted by atomic mass is 9.96. The molecule has 0 amide bonds. The molecular weight excluding hydrogens is 790 g/mol. The molecule has 3 aromatic carbocycles. The summed E-state index contributed by atoms with van der Waals surface area (Å²) in [6, 6.07) is 17.8. The first-order chi connectivity index (χ1) is 29.1. The molecule has 4 aromatic rings. The van der Waals surface area contributed by atoms with Gasteiger partial charge < -0.3 is 49.2 Å². The lowest BCUT2D eigenvalue weighted by molar-refractivity contribution is -0.140. The second-order valence-corrected chi connectivity index (χ2v) is 15.7. The number of hydrogen-bond donors (Lipinski definition) is 5. The number of aliphatic hydroxyl groups is 3. The normalized spacial score (nSPS) is 17.3. The van der Waals surface area contributed by atoms with E-state index in [0.717, 1.165) is 74.1 Å². The fourth-order valence-corrected chi connectivity index (χ4v) is 7.64. The fourth-order valence-electron chi connectivity index (χ4n) is 7.40. The van der Waals surface area contributed by atoms with Gasteiger partial charge in [0.15, 0.2) is 0 Å². The molecule has 2 aliphatic rings. The maximum absolute atomic E-state index is 11.6. The van der Waals surface area contributed by atoms with E-state index in [2.05, 4.69) is 26.2 Å². The first-order valence-electron chi connectivity index (χ1n) is 20.4. The quantitative estimate of drug-likeness (QED) is 0.0669. The van der Waals surface area contributed by atoms with E-state index in [-0.39, 0.29) is 37.0 Å². The number of aromatic nitrogens is 1. The van der Waals surface area contributed by atoms with E-state index >= 15 is 0 Å². The molecule has 2 aliphatic heterocycles. The zero-order chi connectivity index (χ0) is 42.4. The van der Waals surface area contributed by atoms with Gasteiger partial charge in [-0.3, -0.25) is 15.1 Å². The minimum absolute atomic E-state index is 0.0319. The number of carboxylic acid groups (broad SMARTS) is 1. The summed E-state index contributed by atoms with van der Waals surface area (Å²) in [5.41, 5.74) is 5.39. The number of likely N-dealkylation sites (tertiary alicyclic amines) is 2. The maximum atomic E-state index is 11.6. The third-order valence-corrected chi connectivity index (χ3v) is 11.0. The van der Waals surface area contributed by atoms with Crippen molar-refractivity contribution in [3.63, 3.8) is 0 Å². The number of β-amino-alcohol motifs (C(OH)–C–C–N with tert-alkyl or cyclic N) is 2. The number of halogens is 1. The van der Waals surface area contributed by atoms with Crippen LogP contribution in [0, 0.1) is 18.3 Å². The molecule has 3 atom stereocenters. The summed E-state index contributed by atoms with van der Waals surface area (Å²) >= 11 is 6.75. The van der Waals surface area contributed by atoms with Crippen molar-refractivity contribution < 1.29 is 44.2 Å². The van der Waals surface area contributed by atoms with Gasteiger partial charge in [0.1, 0.15) is 48.3 Å². The van der Waals surface area contributed by atoms with Crippen molar-refractivity contribution in [2.24, 2.45) is 0 Å². The van der Waals surface area contributed by atoms with Gasteiger partial charge in [-0.25, -0.2) is 0 Å². The zero-order valence-corrected chi connectivity index (χ0v) is 34.6. The highest BCUT2D eigenvalue weighted by atomic mass is 35.5. The van der Waals surface area contributed by atoms with Crippen molar-refractivity contribution in [3.8, 4) is 40.2 Å². The Labute approximate surface area is 355 Å². The Morgan fingerprint density at radius 2 is 1.57 bits per heavy atom. The van der Waals surface area contributed by atoms with Crippen LogP contribution in [0.1, 0.15) is 53.5 Å². The van der Waals surface area contributed by atoms with Gasteiger partial charge in [0.25, 0.3) is 0 Å². The van der Waals surface area contributed by atoms with E-state index in [1.54, 1.807) is 24.4 Å². The molecule has 320 valence electrons. The van der Waals surface area contributed by atoms with Crippen LogP contribution in [0.3, 0.4) is 0 Å². The van der Waals surface area contributed by atoms with Crippen molar-refractivity contribution in [3.05, 3.63) is 99.8 Å². The number of carbonyl (C=O) groups is 1. The first kappa shape index (κ1) is 44.6. The molecule has 0 saturated carbocycles. The van der Waals surface area contributed by atoms with Crippen molar-refractivity contribution >= 4 is 17.6 Å². The van der Waals surface area contributed by atoms with Gasteiger partial charge in [-0.15, -0.1) is 0 Å². The molecule has 60 heavy (non-hydrogen) atoms. The number of aliphatic carboxylic acids is 1. The summed E-state index contributed by atoms with van der Waals surface area (Å²) in [5.74, 6) is 0.920. The number of rotatable bonds is 22. The van der Waals surface area contributed by atoms with Gasteiger partial charge >= 0.3 is 5.97 Å². The highest BCUT2D eigenvalue weighted by Gasteiger charge is 2.22. The SMILES string of the molecule is Cc1c(COc2cc(OCc3cncc(C#N)c3)c(CNC(CO)C(=O)O)cc2Cl)cccc1-c1cc(OCCCN2CCC(O)C2)cc(OCCCN2CCC(O)C2)c1. The van der Waals surface area contributed by atoms with Gasteiger partial charge in [-0.05, 0) is 79.1 Å². The predicted octanol–water partition coefficient (Wildman–Crippen LogP) is 4.95. The number of nitriles is 1. The maximum Gasteiger partial charge on any atom is 0.323 e. The summed E-state index contributed by atoms with van der Waals surface area (Å²) in [5, 5.41) is 51.2. The molecule has 2 saturated heterocycles. The molecule has 2 fully saturated rings. The van der Waals surface area contributed by atoms with Gasteiger partial charge in [0.05, 0.1) is 42.6 Å². The molecule has 1 aromatic heterocycles. The van der Waals surface area contributed by atoms with E-state index in [1.807, 2.05) is 43.3 Å². The van der Waals surface area contributed by atoms with Gasteiger partial charge in [0.2, 0.25) is 0 Å². The number of pyridine rings is 1. The predicted molar refractivity (Wildman–Crippen MR) is 225 cm³/mol. The van der Waals surface area contributed by atoms with Crippen LogP contribution in [-0.4, -0.2) is 119 Å². The number of carboxylic acids is 1. The number of aliphatic hydroxyl groups excluding tert-OH is 3. The second kappa shape index (κ2) is 22.0. The number of nitrogens with one attached hydrogen (secondary N) is 1. The Morgan fingerprint density at radius 3 is 2.17 bits per heavy atom. The third kappa shape index (κ3) is 12.8. The largest absolute Gasteiger partial charge is 0.493 e. The topological polar surface area (TPSA) is 190 Å². The number of benzene rings is 3. The molecule has 15 heteroatoms. The van der Waals surface area contributed by atoms with Crippen molar-refractivity contribution in [2.45, 2.75) is 70.6 Å². The van der Waals surface area contributed by atoms with Crippen LogP contribution in [0.25, 0.3) is 11.1 Å². The molecular formula is C45H54ClN5O9. The molecule has 0 bridgehead atoms. The van der Waals surface area contributed by atoms with Crippen molar-refractivity contribution in [2.75, 3.05) is 59.1 Å². The van der Waals surface area contributed by atoms with Crippen LogP contribution in [0.15, 0.2) is 67.0 Å². The van der Waals surface area contributed by atoms with E-state index in [0.29, 0.717) is 66.0 Å². The van der Waals surface area contributed by atoms with Crippen molar-refractivity contribution in [1.82, 2.24) is 20.1 Å². The Bertz CT molecular complexity index is 2050. The van der Waals surface area contributed by atoms with E-state index in [4.69, 9.17) is 30.5 Å². The summed E-state index contributed by atoms with van der Waals surface area (Å²) in [6.45, 7) is 7.64. The fraction of sp³-hybridized carbons (Fsp3) is 0.444. The van der Waals surface area contributed by atoms with Gasteiger partial charge in [0, 0.05) is 81.5 Å². The molecule has 0 spiro atoms. The smallest absolute Gasteiger partial charge is 0.323 e. The van der Waals surface area contributed by atoms with Crippen LogP contribution >= 0.6 is 11.6 Å². The summed E-state index contributed by atoms with van der Waals surface area (Å²) in [4.78, 5) is 20.2. The summed E-state index contributed by atoms with van der Waals surface area (Å²) in [7, 11) is 0. The van der Waals surface area contributed by atoms with Crippen LogP contribution in [0.2, 0.25) is 5.02 Å².